The van der Waals surface area contributed by atoms with Gasteiger partial charge in [0.1, 0.15) is 17.6 Å². The first-order valence-corrected chi connectivity index (χ1v) is 11.1. The molecule has 174 valence electrons. The predicted octanol–water partition coefficient (Wildman–Crippen LogP) is 2.21. The van der Waals surface area contributed by atoms with Crippen molar-refractivity contribution >= 4 is 35.1 Å². The largest absolute Gasteiger partial charge is 0.458 e. The third kappa shape index (κ3) is 2.53. The number of fused-ring (bicyclic) bond motifs is 2. The summed E-state index contributed by atoms with van der Waals surface area (Å²) >= 11 is 0. The van der Waals surface area contributed by atoms with Crippen molar-refractivity contribution in [3.05, 3.63) is 59.7 Å². The highest BCUT2D eigenvalue weighted by Crippen LogP contribution is 2.63. The topological polar surface area (TPSA) is 121 Å². The van der Waals surface area contributed by atoms with Gasteiger partial charge in [-0.2, -0.15) is 0 Å². The number of carbonyl (C=O) groups is 6. The van der Waals surface area contributed by atoms with Gasteiger partial charge in [0.15, 0.2) is 28.5 Å². The van der Waals surface area contributed by atoms with Gasteiger partial charge in [0, 0.05) is 30.9 Å². The van der Waals surface area contributed by atoms with Crippen LogP contribution in [0.3, 0.4) is 0 Å². The van der Waals surface area contributed by atoms with Crippen LogP contribution in [0.4, 0.5) is 0 Å². The molecule has 8 heteroatoms. The Kier molecular flexibility index (Phi) is 4.83. The summed E-state index contributed by atoms with van der Waals surface area (Å²) in [5.74, 6) is -6.18. The van der Waals surface area contributed by atoms with Gasteiger partial charge in [0.25, 0.3) is 0 Å². The van der Waals surface area contributed by atoms with E-state index in [9.17, 15) is 28.8 Å². The smallest absolute Gasteiger partial charge is 0.303 e. The van der Waals surface area contributed by atoms with Crippen molar-refractivity contribution < 1.29 is 38.2 Å². The Bertz CT molecular complexity index is 1240. The van der Waals surface area contributed by atoms with E-state index in [0.29, 0.717) is 0 Å². The molecule has 8 nitrogen and oxygen atoms in total. The zero-order valence-electron chi connectivity index (χ0n) is 18.6. The number of hydrogen-bond acceptors (Lipinski definition) is 8. The van der Waals surface area contributed by atoms with Gasteiger partial charge in [-0.05, 0) is 25.0 Å². The minimum absolute atomic E-state index is 0.00515. The quantitative estimate of drug-likeness (QED) is 0.373. The van der Waals surface area contributed by atoms with Crippen molar-refractivity contribution in [2.45, 2.75) is 38.9 Å². The lowest BCUT2D eigenvalue weighted by atomic mass is 9.39. The van der Waals surface area contributed by atoms with Crippen LogP contribution < -0.4 is 0 Å². The summed E-state index contributed by atoms with van der Waals surface area (Å²) in [6.07, 6.45) is 3.57. The van der Waals surface area contributed by atoms with Crippen LogP contribution in [0.5, 0.6) is 0 Å². The zero-order valence-corrected chi connectivity index (χ0v) is 18.6. The second kappa shape index (κ2) is 7.41. The number of allylic oxidation sites excluding steroid dienone is 2. The number of rotatable bonds is 2. The van der Waals surface area contributed by atoms with Crippen LogP contribution in [-0.4, -0.2) is 47.3 Å². The molecule has 34 heavy (non-hydrogen) atoms. The standard InChI is InChI=1S/C26H22O8/c1-13(27)33-18-10-5-9-17-20(18)24(32)26-19(34-14(2)28)11-6-12-25(26,22(17)30)21(29)15-7-3-4-8-16(15)23(26)31/h3-8,10-11,17-20H,9,12H2,1-2H3. The van der Waals surface area contributed by atoms with E-state index in [0.717, 1.165) is 6.92 Å². The molecular formula is C26H22O8. The fourth-order valence-corrected chi connectivity index (χ4v) is 6.35. The van der Waals surface area contributed by atoms with E-state index in [1.165, 1.54) is 37.3 Å². The highest BCUT2D eigenvalue weighted by Gasteiger charge is 2.79. The molecule has 0 bridgehead atoms. The first-order chi connectivity index (χ1) is 16.2. The third-order valence-electron chi connectivity index (χ3n) is 7.54. The minimum Gasteiger partial charge on any atom is -0.458 e. The molecule has 4 aliphatic rings. The molecule has 0 saturated heterocycles. The maximum atomic E-state index is 14.5. The number of hydrogen-bond donors (Lipinski definition) is 0. The average molecular weight is 462 g/mol. The van der Waals surface area contributed by atoms with E-state index in [1.54, 1.807) is 18.2 Å². The van der Waals surface area contributed by atoms with Gasteiger partial charge in [-0.15, -0.1) is 0 Å². The second-order valence-corrected chi connectivity index (χ2v) is 9.18. The third-order valence-corrected chi connectivity index (χ3v) is 7.54. The Morgan fingerprint density at radius 2 is 1.50 bits per heavy atom. The van der Waals surface area contributed by atoms with Crippen LogP contribution in [0.1, 0.15) is 47.4 Å². The molecule has 1 aromatic carbocycles. The Morgan fingerprint density at radius 1 is 0.853 bits per heavy atom. The van der Waals surface area contributed by atoms with Gasteiger partial charge in [-0.1, -0.05) is 36.4 Å². The van der Waals surface area contributed by atoms with Gasteiger partial charge >= 0.3 is 11.9 Å². The van der Waals surface area contributed by atoms with Crippen LogP contribution >= 0.6 is 0 Å². The fraction of sp³-hybridized carbons (Fsp3) is 0.385. The van der Waals surface area contributed by atoms with Gasteiger partial charge in [-0.25, -0.2) is 0 Å². The van der Waals surface area contributed by atoms with Gasteiger partial charge in [-0.3, -0.25) is 28.8 Å². The van der Waals surface area contributed by atoms with Crippen LogP contribution in [-0.2, 0) is 28.7 Å². The molecule has 6 unspecified atom stereocenters. The molecule has 6 atom stereocenters. The van der Waals surface area contributed by atoms with Crippen LogP contribution in [0.25, 0.3) is 0 Å². The molecule has 1 aromatic rings. The first kappa shape index (κ1) is 22.1. The number of esters is 2. The molecular weight excluding hydrogens is 440 g/mol. The van der Waals surface area contributed by atoms with Crippen molar-refractivity contribution in [3.63, 3.8) is 0 Å². The molecule has 4 aliphatic carbocycles. The summed E-state index contributed by atoms with van der Waals surface area (Å²) in [5.41, 5.74) is -4.24. The summed E-state index contributed by atoms with van der Waals surface area (Å²) in [7, 11) is 0. The number of ether oxygens (including phenoxy) is 2. The zero-order chi connectivity index (χ0) is 24.4. The van der Waals surface area contributed by atoms with E-state index in [-0.39, 0.29) is 24.0 Å². The molecule has 1 saturated carbocycles. The van der Waals surface area contributed by atoms with E-state index in [1.807, 2.05) is 0 Å². The van der Waals surface area contributed by atoms with Crippen molar-refractivity contribution in [1.29, 1.82) is 0 Å². The molecule has 0 radical (unpaired) electrons. The molecule has 0 aliphatic heterocycles. The van der Waals surface area contributed by atoms with Gasteiger partial charge in [0.2, 0.25) is 0 Å². The van der Waals surface area contributed by atoms with Crippen molar-refractivity contribution in [2.75, 3.05) is 0 Å². The summed E-state index contributed by atoms with van der Waals surface area (Å²) in [4.78, 5) is 80.8. The van der Waals surface area contributed by atoms with Crippen molar-refractivity contribution in [3.8, 4) is 0 Å². The minimum atomic E-state index is -2.28. The van der Waals surface area contributed by atoms with E-state index in [4.69, 9.17) is 9.47 Å². The Balaban J connectivity index is 1.84. The number of benzene rings is 1. The maximum Gasteiger partial charge on any atom is 0.303 e. The molecule has 1 fully saturated rings. The van der Waals surface area contributed by atoms with Crippen LogP contribution in [0.2, 0.25) is 0 Å². The molecule has 0 spiro atoms. The normalized spacial score (nSPS) is 35.6. The number of carbonyl (C=O) groups excluding carboxylic acids is 6. The first-order valence-electron chi connectivity index (χ1n) is 11.1. The van der Waals surface area contributed by atoms with E-state index >= 15 is 0 Å². The van der Waals surface area contributed by atoms with Gasteiger partial charge in [0.05, 0.1) is 5.92 Å². The Hall–Kier alpha value is -3.68. The Morgan fingerprint density at radius 3 is 2.15 bits per heavy atom. The lowest BCUT2D eigenvalue weighted by molar-refractivity contribution is -0.179. The fourth-order valence-electron chi connectivity index (χ4n) is 6.35. The summed E-state index contributed by atoms with van der Waals surface area (Å²) < 4.78 is 10.8. The molecule has 0 heterocycles. The predicted molar refractivity (Wildman–Crippen MR) is 116 cm³/mol. The maximum absolute atomic E-state index is 14.5. The Labute approximate surface area is 195 Å². The highest BCUT2D eigenvalue weighted by atomic mass is 16.5. The van der Waals surface area contributed by atoms with Crippen molar-refractivity contribution in [1.82, 2.24) is 0 Å². The molecule has 0 N–H and O–H groups in total. The van der Waals surface area contributed by atoms with E-state index < -0.39 is 69.9 Å². The summed E-state index contributed by atoms with van der Waals surface area (Å²) in [6, 6.07) is 6.06. The summed E-state index contributed by atoms with van der Waals surface area (Å²) in [6.45, 7) is 2.32. The summed E-state index contributed by atoms with van der Waals surface area (Å²) in [5, 5.41) is 0. The lowest BCUT2D eigenvalue weighted by Gasteiger charge is -2.58. The molecule has 0 aromatic heterocycles. The lowest BCUT2D eigenvalue weighted by Crippen LogP contribution is -2.75. The van der Waals surface area contributed by atoms with Crippen molar-refractivity contribution in [2.24, 2.45) is 22.7 Å². The average Bonchev–Trinajstić information content (AvgIpc) is 2.80. The number of Topliss-reactive ketones (excluding diaryl/α,β-unsaturated/α-hetero) is 4. The SMILES string of the molecule is CC(=O)OC1C=CCC2C(=O)C34CC=CC(OC(C)=O)C3(C(=O)c3ccccc3C4=O)C(=O)C12. The molecule has 5 rings (SSSR count). The second-order valence-electron chi connectivity index (χ2n) is 9.18. The van der Waals surface area contributed by atoms with Crippen LogP contribution in [0, 0.1) is 22.7 Å². The van der Waals surface area contributed by atoms with Crippen LogP contribution in [0.15, 0.2) is 48.6 Å². The van der Waals surface area contributed by atoms with E-state index in [2.05, 4.69) is 0 Å². The molecule has 0 amide bonds. The highest BCUT2D eigenvalue weighted by molar-refractivity contribution is 6.36. The number of ketones is 4. The van der Waals surface area contributed by atoms with Gasteiger partial charge < -0.3 is 9.47 Å². The monoisotopic (exact) mass is 462 g/mol.